The van der Waals surface area contributed by atoms with Crippen LogP contribution in [-0.2, 0) is 4.79 Å². The number of carbonyl (C=O) groups is 1. The van der Waals surface area contributed by atoms with Gasteiger partial charge in [0.25, 0.3) is 0 Å². The van der Waals surface area contributed by atoms with E-state index < -0.39 is 5.83 Å². The topological polar surface area (TPSA) is 17.1 Å². The van der Waals surface area contributed by atoms with Gasteiger partial charge in [-0.25, -0.2) is 4.39 Å². The average molecular weight is 144 g/mol. The lowest BCUT2D eigenvalue weighted by atomic mass is 10.2. The van der Waals surface area contributed by atoms with E-state index in [9.17, 15) is 9.18 Å². The molecule has 0 aromatic heterocycles. The van der Waals surface area contributed by atoms with E-state index in [-0.39, 0.29) is 6.29 Å². The summed E-state index contributed by atoms with van der Waals surface area (Å²) in [6.45, 7) is 2.08. The van der Waals surface area contributed by atoms with E-state index in [1.807, 2.05) is 0 Å². The first-order chi connectivity index (χ1) is 4.81. The zero-order chi connectivity index (χ0) is 7.82. The van der Waals surface area contributed by atoms with Gasteiger partial charge in [0, 0.05) is 0 Å². The number of carbonyl (C=O) groups excluding carboxylic acids is 1. The monoisotopic (exact) mass is 144 g/mol. The molecule has 0 bridgehead atoms. The second kappa shape index (κ2) is 6.46. The summed E-state index contributed by atoms with van der Waals surface area (Å²) in [4.78, 5) is 9.73. The Morgan fingerprint density at radius 1 is 1.50 bits per heavy atom. The quantitative estimate of drug-likeness (QED) is 0.329. The standard InChI is InChI=1S/C8H13FO/c1-2-3-4-5-6-8(9)7-10/h6-7H,2-5H2,1H3/b8-6-. The van der Waals surface area contributed by atoms with Crippen LogP contribution in [0.25, 0.3) is 0 Å². The Hall–Kier alpha value is -0.660. The average Bonchev–Trinajstić information content (AvgIpc) is 1.98. The lowest BCUT2D eigenvalue weighted by Crippen LogP contribution is -1.75. The third-order valence-corrected chi connectivity index (χ3v) is 1.26. The minimum Gasteiger partial charge on any atom is -0.295 e. The number of halogens is 1. The van der Waals surface area contributed by atoms with Crippen molar-refractivity contribution in [1.82, 2.24) is 0 Å². The van der Waals surface area contributed by atoms with Gasteiger partial charge in [0.2, 0.25) is 0 Å². The lowest BCUT2D eigenvalue weighted by molar-refractivity contribution is -0.106. The maximum atomic E-state index is 12.1. The molecule has 0 heterocycles. The first-order valence-electron chi connectivity index (χ1n) is 3.62. The van der Waals surface area contributed by atoms with Gasteiger partial charge >= 0.3 is 0 Å². The number of allylic oxidation sites excluding steroid dienone is 2. The summed E-state index contributed by atoms with van der Waals surface area (Å²) < 4.78 is 12.1. The van der Waals surface area contributed by atoms with Crippen LogP contribution in [0.4, 0.5) is 4.39 Å². The molecule has 0 radical (unpaired) electrons. The molecule has 0 amide bonds. The van der Waals surface area contributed by atoms with Crippen LogP contribution < -0.4 is 0 Å². The fourth-order valence-electron chi connectivity index (χ4n) is 0.682. The van der Waals surface area contributed by atoms with Crippen molar-refractivity contribution in [3.05, 3.63) is 11.9 Å². The molecule has 0 saturated heterocycles. The first-order valence-corrected chi connectivity index (χ1v) is 3.62. The van der Waals surface area contributed by atoms with Crippen molar-refractivity contribution in [1.29, 1.82) is 0 Å². The molecule has 0 rings (SSSR count). The predicted molar refractivity (Wildman–Crippen MR) is 39.4 cm³/mol. The minimum atomic E-state index is -0.642. The molecule has 0 saturated carbocycles. The van der Waals surface area contributed by atoms with E-state index in [2.05, 4.69) is 6.92 Å². The smallest absolute Gasteiger partial charge is 0.178 e. The maximum Gasteiger partial charge on any atom is 0.178 e. The van der Waals surface area contributed by atoms with Crippen molar-refractivity contribution in [3.8, 4) is 0 Å². The number of rotatable bonds is 5. The molecule has 0 aromatic carbocycles. The Morgan fingerprint density at radius 3 is 2.70 bits per heavy atom. The van der Waals surface area contributed by atoms with E-state index >= 15 is 0 Å². The van der Waals surface area contributed by atoms with Crippen molar-refractivity contribution in [2.24, 2.45) is 0 Å². The molecule has 1 nitrogen and oxygen atoms in total. The van der Waals surface area contributed by atoms with Crippen LogP contribution in [-0.4, -0.2) is 6.29 Å². The molecule has 0 aliphatic heterocycles. The number of hydrogen-bond donors (Lipinski definition) is 0. The highest BCUT2D eigenvalue weighted by atomic mass is 19.1. The molecule has 0 fully saturated rings. The van der Waals surface area contributed by atoms with Crippen molar-refractivity contribution in [3.63, 3.8) is 0 Å². The predicted octanol–water partition coefficient (Wildman–Crippen LogP) is 2.62. The van der Waals surface area contributed by atoms with E-state index in [1.54, 1.807) is 0 Å². The van der Waals surface area contributed by atoms with Crippen LogP contribution in [0.15, 0.2) is 11.9 Å². The van der Waals surface area contributed by atoms with Gasteiger partial charge in [0.05, 0.1) is 0 Å². The zero-order valence-electron chi connectivity index (χ0n) is 6.27. The minimum absolute atomic E-state index is 0.242. The lowest BCUT2D eigenvalue weighted by Gasteiger charge is -1.90. The third-order valence-electron chi connectivity index (χ3n) is 1.26. The molecule has 0 spiro atoms. The van der Waals surface area contributed by atoms with Crippen LogP contribution in [0, 0.1) is 0 Å². The van der Waals surface area contributed by atoms with E-state index in [0.717, 1.165) is 19.3 Å². The molecule has 0 aliphatic carbocycles. The SMILES string of the molecule is CCCCC/C=C(\F)C=O. The van der Waals surface area contributed by atoms with Crippen LogP contribution in [0.3, 0.4) is 0 Å². The summed E-state index contributed by atoms with van der Waals surface area (Å²) in [5.41, 5.74) is 0. The second-order valence-electron chi connectivity index (χ2n) is 2.20. The molecule has 0 N–H and O–H groups in total. The summed E-state index contributed by atoms with van der Waals surface area (Å²) in [6, 6.07) is 0. The molecule has 0 aromatic rings. The maximum absolute atomic E-state index is 12.1. The van der Waals surface area contributed by atoms with Crippen molar-refractivity contribution < 1.29 is 9.18 Å². The molecule has 10 heavy (non-hydrogen) atoms. The van der Waals surface area contributed by atoms with Crippen LogP contribution in [0.2, 0.25) is 0 Å². The van der Waals surface area contributed by atoms with E-state index in [1.165, 1.54) is 6.08 Å². The largest absolute Gasteiger partial charge is 0.295 e. The van der Waals surface area contributed by atoms with Gasteiger partial charge in [-0.15, -0.1) is 0 Å². The second-order valence-corrected chi connectivity index (χ2v) is 2.20. The van der Waals surface area contributed by atoms with Crippen LogP contribution >= 0.6 is 0 Å². The molecule has 0 unspecified atom stereocenters. The Bertz CT molecular complexity index is 118. The normalized spacial score (nSPS) is 11.6. The van der Waals surface area contributed by atoms with Crippen molar-refractivity contribution in [2.45, 2.75) is 32.6 Å². The summed E-state index contributed by atoms with van der Waals surface area (Å²) in [6.07, 6.45) is 5.45. The summed E-state index contributed by atoms with van der Waals surface area (Å²) in [7, 11) is 0. The highest BCUT2D eigenvalue weighted by molar-refractivity contribution is 5.69. The molecular weight excluding hydrogens is 131 g/mol. The Morgan fingerprint density at radius 2 is 2.20 bits per heavy atom. The van der Waals surface area contributed by atoms with Gasteiger partial charge < -0.3 is 0 Å². The Balaban J connectivity index is 3.24. The molecular formula is C8H13FO. The van der Waals surface area contributed by atoms with Crippen LogP contribution in [0.5, 0.6) is 0 Å². The van der Waals surface area contributed by atoms with Gasteiger partial charge in [-0.05, 0) is 18.9 Å². The fourth-order valence-corrected chi connectivity index (χ4v) is 0.682. The fraction of sp³-hybridized carbons (Fsp3) is 0.625. The number of unbranched alkanes of at least 4 members (excludes halogenated alkanes) is 3. The first kappa shape index (κ1) is 9.34. The summed E-state index contributed by atoms with van der Waals surface area (Å²) in [5, 5.41) is 0. The highest BCUT2D eigenvalue weighted by Gasteiger charge is 1.88. The van der Waals surface area contributed by atoms with Gasteiger partial charge in [-0.2, -0.15) is 0 Å². The van der Waals surface area contributed by atoms with Gasteiger partial charge in [-0.3, -0.25) is 4.79 Å². The Kier molecular flexibility index (Phi) is 6.03. The number of aldehydes is 1. The van der Waals surface area contributed by atoms with E-state index in [4.69, 9.17) is 0 Å². The van der Waals surface area contributed by atoms with Crippen molar-refractivity contribution in [2.75, 3.05) is 0 Å². The van der Waals surface area contributed by atoms with Crippen molar-refractivity contribution >= 4 is 6.29 Å². The Labute approximate surface area is 60.9 Å². The van der Waals surface area contributed by atoms with Gasteiger partial charge in [-0.1, -0.05) is 19.8 Å². The van der Waals surface area contributed by atoms with Gasteiger partial charge in [0.1, 0.15) is 0 Å². The highest BCUT2D eigenvalue weighted by Crippen LogP contribution is 2.02. The van der Waals surface area contributed by atoms with Gasteiger partial charge in [0.15, 0.2) is 12.1 Å². The zero-order valence-corrected chi connectivity index (χ0v) is 6.27. The summed E-state index contributed by atoms with van der Waals surface area (Å²) in [5.74, 6) is -0.642. The molecule has 0 atom stereocenters. The van der Waals surface area contributed by atoms with Crippen LogP contribution in [0.1, 0.15) is 32.6 Å². The molecule has 2 heteroatoms. The third kappa shape index (κ3) is 5.48. The number of hydrogen-bond acceptors (Lipinski definition) is 1. The molecule has 0 aliphatic rings. The van der Waals surface area contributed by atoms with E-state index in [0.29, 0.717) is 6.42 Å². The molecule has 58 valence electrons. The summed E-state index contributed by atoms with van der Waals surface area (Å²) >= 11 is 0.